The Hall–Kier alpha value is -1.03. The molecule has 5 heteroatoms. The van der Waals surface area contributed by atoms with Crippen molar-refractivity contribution in [3.8, 4) is 5.88 Å². The first-order chi connectivity index (χ1) is 7.65. The minimum Gasteiger partial charge on any atom is -0.480 e. The van der Waals surface area contributed by atoms with E-state index < -0.39 is 0 Å². The molecule has 0 bridgehead atoms. The summed E-state index contributed by atoms with van der Waals surface area (Å²) in [5.74, 6) is 2.35. The lowest BCUT2D eigenvalue weighted by atomic mass is 10.1. The smallest absolute Gasteiger partial charge is 0.233 e. The Bertz CT molecular complexity index is 320. The summed E-state index contributed by atoms with van der Waals surface area (Å²) in [6.07, 6.45) is 4.24. The van der Waals surface area contributed by atoms with E-state index in [1.807, 2.05) is 0 Å². The second-order valence-corrected chi connectivity index (χ2v) is 4.38. The summed E-state index contributed by atoms with van der Waals surface area (Å²) in [4.78, 5) is 8.26. The second-order valence-electron chi connectivity index (χ2n) is 4.07. The lowest BCUT2D eigenvalue weighted by molar-refractivity contribution is 0.396. The number of hydrogen-bond acceptors (Lipinski definition) is 4. The molecule has 90 valence electrons. The fraction of sp³-hybridized carbons (Fsp3) is 0.636. The predicted molar refractivity (Wildman–Crippen MR) is 66.2 cm³/mol. The van der Waals surface area contributed by atoms with Gasteiger partial charge in [-0.3, -0.25) is 4.98 Å². The van der Waals surface area contributed by atoms with Gasteiger partial charge in [-0.1, -0.05) is 13.8 Å². The molecular weight excluding hydrogens is 226 g/mol. The summed E-state index contributed by atoms with van der Waals surface area (Å²) < 4.78 is 5.00. The van der Waals surface area contributed by atoms with Crippen LogP contribution in [0.15, 0.2) is 12.4 Å². The van der Waals surface area contributed by atoms with Crippen LogP contribution in [0.2, 0.25) is 0 Å². The number of aromatic nitrogens is 2. The molecular formula is C11H18ClN3O. The van der Waals surface area contributed by atoms with Gasteiger partial charge in [0.1, 0.15) is 5.82 Å². The summed E-state index contributed by atoms with van der Waals surface area (Å²) in [7, 11) is 1.57. The van der Waals surface area contributed by atoms with Gasteiger partial charge in [0.15, 0.2) is 0 Å². The van der Waals surface area contributed by atoms with E-state index >= 15 is 0 Å². The molecule has 16 heavy (non-hydrogen) atoms. The number of anilines is 1. The van der Waals surface area contributed by atoms with Crippen molar-refractivity contribution in [3.05, 3.63) is 12.4 Å². The SMILES string of the molecule is COc1cncc(NC(CCl)CC(C)C)n1. The third kappa shape index (κ3) is 4.23. The van der Waals surface area contributed by atoms with Crippen LogP contribution in [-0.4, -0.2) is 29.0 Å². The molecule has 1 rings (SSSR count). The quantitative estimate of drug-likeness (QED) is 0.780. The number of nitrogens with one attached hydrogen (secondary N) is 1. The van der Waals surface area contributed by atoms with Crippen molar-refractivity contribution in [2.75, 3.05) is 18.3 Å². The first kappa shape index (κ1) is 13.0. The maximum atomic E-state index is 5.89. The molecule has 0 spiro atoms. The molecule has 0 saturated heterocycles. The maximum absolute atomic E-state index is 5.89. The molecule has 0 amide bonds. The van der Waals surface area contributed by atoms with E-state index in [0.717, 1.165) is 6.42 Å². The fourth-order valence-electron chi connectivity index (χ4n) is 1.45. The lowest BCUT2D eigenvalue weighted by Crippen LogP contribution is -2.24. The van der Waals surface area contributed by atoms with Gasteiger partial charge >= 0.3 is 0 Å². The maximum Gasteiger partial charge on any atom is 0.233 e. The molecule has 0 radical (unpaired) electrons. The highest BCUT2D eigenvalue weighted by Crippen LogP contribution is 2.14. The van der Waals surface area contributed by atoms with Crippen molar-refractivity contribution < 1.29 is 4.74 Å². The number of halogens is 1. The largest absolute Gasteiger partial charge is 0.480 e. The molecule has 0 aliphatic carbocycles. The van der Waals surface area contributed by atoms with E-state index in [9.17, 15) is 0 Å². The Morgan fingerprint density at radius 1 is 1.44 bits per heavy atom. The summed E-state index contributed by atoms with van der Waals surface area (Å²) >= 11 is 5.89. The Labute approximate surface area is 101 Å². The van der Waals surface area contributed by atoms with Gasteiger partial charge in [0.05, 0.1) is 19.5 Å². The van der Waals surface area contributed by atoms with E-state index in [0.29, 0.717) is 23.5 Å². The fourth-order valence-corrected chi connectivity index (χ4v) is 1.66. The normalized spacial score (nSPS) is 12.6. The zero-order valence-electron chi connectivity index (χ0n) is 9.90. The van der Waals surface area contributed by atoms with Gasteiger partial charge in [0.25, 0.3) is 0 Å². The van der Waals surface area contributed by atoms with Gasteiger partial charge in [-0.2, -0.15) is 4.98 Å². The molecule has 1 unspecified atom stereocenters. The molecule has 1 heterocycles. The number of hydrogen-bond donors (Lipinski definition) is 1. The van der Waals surface area contributed by atoms with Gasteiger partial charge < -0.3 is 10.1 Å². The number of ether oxygens (including phenoxy) is 1. The van der Waals surface area contributed by atoms with Crippen LogP contribution < -0.4 is 10.1 Å². The monoisotopic (exact) mass is 243 g/mol. The molecule has 0 aliphatic rings. The van der Waals surface area contributed by atoms with Crippen molar-refractivity contribution >= 4 is 17.4 Å². The highest BCUT2D eigenvalue weighted by molar-refractivity contribution is 6.18. The van der Waals surface area contributed by atoms with Crippen LogP contribution in [0.5, 0.6) is 5.88 Å². The number of methoxy groups -OCH3 is 1. The van der Waals surface area contributed by atoms with Gasteiger partial charge in [-0.05, 0) is 12.3 Å². The molecule has 0 aliphatic heterocycles. The minimum atomic E-state index is 0.211. The van der Waals surface area contributed by atoms with Crippen LogP contribution in [0.4, 0.5) is 5.82 Å². The van der Waals surface area contributed by atoms with Gasteiger partial charge in [-0.15, -0.1) is 11.6 Å². The second kappa shape index (κ2) is 6.53. The van der Waals surface area contributed by atoms with Gasteiger partial charge in [-0.25, -0.2) is 0 Å². The summed E-state index contributed by atoms with van der Waals surface area (Å²) in [6.45, 7) is 4.33. The van der Waals surface area contributed by atoms with Crippen molar-refractivity contribution in [2.24, 2.45) is 5.92 Å². The van der Waals surface area contributed by atoms with E-state index in [1.54, 1.807) is 19.5 Å². The molecule has 0 fully saturated rings. The van der Waals surface area contributed by atoms with Crippen molar-refractivity contribution in [2.45, 2.75) is 26.3 Å². The first-order valence-electron chi connectivity index (χ1n) is 5.34. The van der Waals surface area contributed by atoms with Crippen LogP contribution in [-0.2, 0) is 0 Å². The predicted octanol–water partition coefficient (Wildman–Crippen LogP) is 2.55. The average Bonchev–Trinajstić information content (AvgIpc) is 2.28. The standard InChI is InChI=1S/C11H18ClN3O/c1-8(2)4-9(5-12)14-10-6-13-7-11(15-10)16-3/h6-9H,4-5H2,1-3H3,(H,14,15). The molecule has 1 aromatic rings. The van der Waals surface area contributed by atoms with Crippen LogP contribution in [0, 0.1) is 5.92 Å². The average molecular weight is 244 g/mol. The van der Waals surface area contributed by atoms with E-state index in [-0.39, 0.29) is 6.04 Å². The minimum absolute atomic E-state index is 0.211. The zero-order chi connectivity index (χ0) is 12.0. The van der Waals surface area contributed by atoms with Gasteiger partial charge in [0.2, 0.25) is 5.88 Å². The lowest BCUT2D eigenvalue weighted by Gasteiger charge is -2.18. The Balaban J connectivity index is 2.62. The molecule has 0 aromatic carbocycles. The van der Waals surface area contributed by atoms with Crippen molar-refractivity contribution in [1.29, 1.82) is 0 Å². The highest BCUT2D eigenvalue weighted by atomic mass is 35.5. The molecule has 1 atom stereocenters. The van der Waals surface area contributed by atoms with Crippen LogP contribution in [0.1, 0.15) is 20.3 Å². The Kier molecular flexibility index (Phi) is 5.32. The Morgan fingerprint density at radius 3 is 2.75 bits per heavy atom. The number of alkyl halides is 1. The van der Waals surface area contributed by atoms with Crippen molar-refractivity contribution in [3.63, 3.8) is 0 Å². The molecule has 1 aromatic heterocycles. The summed E-state index contributed by atoms with van der Waals surface area (Å²) in [6, 6.07) is 0.211. The summed E-state index contributed by atoms with van der Waals surface area (Å²) in [5.41, 5.74) is 0. The number of rotatable bonds is 6. The van der Waals surface area contributed by atoms with E-state index in [1.165, 1.54) is 0 Å². The zero-order valence-corrected chi connectivity index (χ0v) is 10.7. The van der Waals surface area contributed by atoms with Crippen LogP contribution in [0.3, 0.4) is 0 Å². The van der Waals surface area contributed by atoms with Crippen LogP contribution in [0.25, 0.3) is 0 Å². The number of nitrogens with zero attached hydrogens (tertiary/aromatic N) is 2. The molecule has 4 nitrogen and oxygen atoms in total. The third-order valence-corrected chi connectivity index (χ3v) is 2.49. The topological polar surface area (TPSA) is 47.0 Å². The Morgan fingerprint density at radius 2 is 2.19 bits per heavy atom. The molecule has 0 saturated carbocycles. The van der Waals surface area contributed by atoms with Crippen LogP contribution >= 0.6 is 11.6 Å². The van der Waals surface area contributed by atoms with E-state index in [2.05, 4.69) is 29.1 Å². The van der Waals surface area contributed by atoms with Crippen molar-refractivity contribution in [1.82, 2.24) is 9.97 Å². The summed E-state index contributed by atoms with van der Waals surface area (Å²) in [5, 5.41) is 3.25. The third-order valence-electron chi connectivity index (χ3n) is 2.12. The van der Waals surface area contributed by atoms with Gasteiger partial charge in [0, 0.05) is 11.9 Å². The highest BCUT2D eigenvalue weighted by Gasteiger charge is 2.10. The van der Waals surface area contributed by atoms with E-state index in [4.69, 9.17) is 16.3 Å². The molecule has 1 N–H and O–H groups in total. The first-order valence-corrected chi connectivity index (χ1v) is 5.87.